The van der Waals surface area contributed by atoms with Crippen LogP contribution in [0.1, 0.15) is 36.8 Å². The standard InChI is InChI=1S/C35H38N4O2/c36-20-7-6-12-33-34(40)37(24-27-15-18-29-10-4-5-11-31(29)22-27)21-19-32-25-38(35(41)39(32)33)23-26-13-16-30(17-14-26)28-8-2-1-3-9-28/h1-5,8-11,13-18,22,32-33H,6-7,12,19-21,23-25,36H2. The maximum absolute atomic E-state index is 14.0. The average molecular weight is 547 g/mol. The number of unbranched alkanes of at least 4 members (excludes halogenated alkanes) is 1. The molecule has 0 radical (unpaired) electrons. The number of hydrogen-bond acceptors (Lipinski definition) is 3. The van der Waals surface area contributed by atoms with Crippen LogP contribution in [0.25, 0.3) is 21.9 Å². The number of carbonyl (C=O) groups excluding carboxylic acids is 2. The largest absolute Gasteiger partial charge is 0.337 e. The Labute approximate surface area is 242 Å². The molecule has 3 amide bonds. The first-order valence-corrected chi connectivity index (χ1v) is 14.8. The summed E-state index contributed by atoms with van der Waals surface area (Å²) >= 11 is 0. The first kappa shape index (κ1) is 27.0. The smallest absolute Gasteiger partial charge is 0.321 e. The zero-order valence-electron chi connectivity index (χ0n) is 23.5. The number of rotatable bonds is 9. The topological polar surface area (TPSA) is 69.9 Å². The Kier molecular flexibility index (Phi) is 8.01. The van der Waals surface area contributed by atoms with Crippen LogP contribution in [0.3, 0.4) is 0 Å². The molecule has 2 saturated heterocycles. The monoisotopic (exact) mass is 546 g/mol. The van der Waals surface area contributed by atoms with Gasteiger partial charge in [-0.05, 0) is 71.3 Å². The molecular formula is C35H38N4O2. The van der Waals surface area contributed by atoms with E-state index in [9.17, 15) is 9.59 Å². The van der Waals surface area contributed by atoms with Crippen molar-refractivity contribution in [2.24, 2.45) is 5.73 Å². The molecule has 4 aromatic rings. The third-order valence-corrected chi connectivity index (χ3v) is 8.53. The molecule has 2 aliphatic rings. The van der Waals surface area contributed by atoms with E-state index < -0.39 is 6.04 Å². The lowest BCUT2D eigenvalue weighted by molar-refractivity contribution is -0.135. The Balaban J connectivity index is 1.18. The van der Waals surface area contributed by atoms with Gasteiger partial charge in [-0.2, -0.15) is 0 Å². The Hall–Kier alpha value is -4.16. The predicted octanol–water partition coefficient (Wildman–Crippen LogP) is 6.04. The molecule has 2 aliphatic heterocycles. The molecule has 210 valence electrons. The molecule has 4 aromatic carbocycles. The van der Waals surface area contributed by atoms with Gasteiger partial charge in [-0.3, -0.25) is 4.79 Å². The zero-order chi connectivity index (χ0) is 28.2. The highest BCUT2D eigenvalue weighted by atomic mass is 16.2. The van der Waals surface area contributed by atoms with Gasteiger partial charge >= 0.3 is 6.03 Å². The van der Waals surface area contributed by atoms with Crippen LogP contribution in [0, 0.1) is 0 Å². The van der Waals surface area contributed by atoms with Crippen LogP contribution < -0.4 is 5.73 Å². The van der Waals surface area contributed by atoms with Gasteiger partial charge in [-0.15, -0.1) is 0 Å². The molecular weight excluding hydrogens is 508 g/mol. The molecule has 0 aliphatic carbocycles. The first-order valence-electron chi connectivity index (χ1n) is 14.8. The van der Waals surface area contributed by atoms with Crippen molar-refractivity contribution in [1.82, 2.24) is 14.7 Å². The summed E-state index contributed by atoms with van der Waals surface area (Å²) in [5.74, 6) is 0.0556. The van der Waals surface area contributed by atoms with E-state index in [2.05, 4.69) is 66.7 Å². The highest BCUT2D eigenvalue weighted by molar-refractivity contribution is 5.89. The first-order chi connectivity index (χ1) is 20.1. The molecule has 41 heavy (non-hydrogen) atoms. The number of carbonyl (C=O) groups is 2. The molecule has 2 atom stereocenters. The van der Waals surface area contributed by atoms with Gasteiger partial charge in [0.2, 0.25) is 5.91 Å². The van der Waals surface area contributed by atoms with Crippen molar-refractivity contribution >= 4 is 22.7 Å². The summed E-state index contributed by atoms with van der Waals surface area (Å²) in [7, 11) is 0. The lowest BCUT2D eigenvalue weighted by Crippen LogP contribution is -2.49. The molecule has 6 rings (SSSR count). The number of nitrogens with two attached hydrogens (primary N) is 1. The third-order valence-electron chi connectivity index (χ3n) is 8.53. The van der Waals surface area contributed by atoms with Gasteiger partial charge in [0, 0.05) is 26.2 Å². The number of fused-ring (bicyclic) bond motifs is 2. The van der Waals surface area contributed by atoms with Crippen molar-refractivity contribution in [3.63, 3.8) is 0 Å². The Morgan fingerprint density at radius 1 is 0.707 bits per heavy atom. The van der Waals surface area contributed by atoms with Crippen LogP contribution in [0.15, 0.2) is 97.1 Å². The van der Waals surface area contributed by atoms with E-state index >= 15 is 0 Å². The second-order valence-corrected chi connectivity index (χ2v) is 11.3. The summed E-state index contributed by atoms with van der Waals surface area (Å²) in [6.07, 6.45) is 3.10. The van der Waals surface area contributed by atoms with Crippen molar-refractivity contribution in [3.05, 3.63) is 108 Å². The van der Waals surface area contributed by atoms with Crippen LogP contribution in [-0.2, 0) is 17.9 Å². The van der Waals surface area contributed by atoms with Crippen LogP contribution in [0.5, 0.6) is 0 Å². The number of urea groups is 1. The van der Waals surface area contributed by atoms with Crippen molar-refractivity contribution in [2.75, 3.05) is 19.6 Å². The Morgan fingerprint density at radius 3 is 2.17 bits per heavy atom. The summed E-state index contributed by atoms with van der Waals surface area (Å²) in [6.45, 7) is 2.98. The highest BCUT2D eigenvalue weighted by Gasteiger charge is 2.46. The second kappa shape index (κ2) is 12.1. The third kappa shape index (κ3) is 5.84. The number of hydrogen-bond donors (Lipinski definition) is 1. The second-order valence-electron chi connectivity index (χ2n) is 11.3. The van der Waals surface area contributed by atoms with Gasteiger partial charge < -0.3 is 20.4 Å². The molecule has 2 unspecified atom stereocenters. The summed E-state index contributed by atoms with van der Waals surface area (Å²) in [5.41, 5.74) is 10.3. The van der Waals surface area contributed by atoms with Gasteiger partial charge in [0.15, 0.2) is 0 Å². The van der Waals surface area contributed by atoms with Gasteiger partial charge in [-0.1, -0.05) is 91.0 Å². The number of nitrogens with zero attached hydrogens (tertiary/aromatic N) is 3. The minimum absolute atomic E-state index is 0.0270. The Morgan fingerprint density at radius 2 is 1.39 bits per heavy atom. The van der Waals surface area contributed by atoms with E-state index in [0.29, 0.717) is 39.1 Å². The highest BCUT2D eigenvalue weighted by Crippen LogP contribution is 2.31. The van der Waals surface area contributed by atoms with Gasteiger partial charge in [0.1, 0.15) is 6.04 Å². The molecule has 2 fully saturated rings. The van der Waals surface area contributed by atoms with E-state index in [4.69, 9.17) is 5.73 Å². The van der Waals surface area contributed by atoms with Crippen molar-refractivity contribution in [1.29, 1.82) is 0 Å². The molecule has 2 N–H and O–H groups in total. The molecule has 6 heteroatoms. The Bertz CT molecular complexity index is 1500. The van der Waals surface area contributed by atoms with Crippen molar-refractivity contribution in [2.45, 2.75) is 50.9 Å². The fourth-order valence-corrected chi connectivity index (χ4v) is 6.35. The fraction of sp³-hybridized carbons (Fsp3) is 0.314. The summed E-state index contributed by atoms with van der Waals surface area (Å²) in [4.78, 5) is 33.6. The zero-order valence-corrected chi connectivity index (χ0v) is 23.5. The average Bonchev–Trinajstić information content (AvgIpc) is 3.25. The van der Waals surface area contributed by atoms with E-state index in [1.165, 1.54) is 16.3 Å². The van der Waals surface area contributed by atoms with E-state index in [1.807, 2.05) is 45.0 Å². The molecule has 0 saturated carbocycles. The summed E-state index contributed by atoms with van der Waals surface area (Å²) in [5, 5.41) is 2.37. The summed E-state index contributed by atoms with van der Waals surface area (Å²) in [6, 6.07) is 33.0. The van der Waals surface area contributed by atoms with E-state index in [1.54, 1.807) is 0 Å². The molecule has 0 bridgehead atoms. The van der Waals surface area contributed by atoms with E-state index in [0.717, 1.165) is 36.0 Å². The number of amides is 3. The van der Waals surface area contributed by atoms with E-state index in [-0.39, 0.29) is 18.0 Å². The number of benzene rings is 4. The minimum atomic E-state index is -0.451. The maximum atomic E-state index is 14.0. The lowest BCUT2D eigenvalue weighted by atomic mass is 10.0. The van der Waals surface area contributed by atoms with Gasteiger partial charge in [-0.25, -0.2) is 4.79 Å². The maximum Gasteiger partial charge on any atom is 0.321 e. The quantitative estimate of drug-likeness (QED) is 0.260. The van der Waals surface area contributed by atoms with Gasteiger partial charge in [0.25, 0.3) is 0 Å². The predicted molar refractivity (Wildman–Crippen MR) is 164 cm³/mol. The molecule has 2 heterocycles. The van der Waals surface area contributed by atoms with Crippen LogP contribution in [0.2, 0.25) is 0 Å². The van der Waals surface area contributed by atoms with Crippen LogP contribution in [-0.4, -0.2) is 58.4 Å². The SMILES string of the molecule is NCCCCC1C(=O)N(Cc2ccc3ccccc3c2)CCC2CN(Cc3ccc(-c4ccccc4)cc3)C(=O)N21. The minimum Gasteiger partial charge on any atom is -0.337 e. The molecule has 0 aromatic heterocycles. The van der Waals surface area contributed by atoms with Gasteiger partial charge in [0.05, 0.1) is 6.04 Å². The fourth-order valence-electron chi connectivity index (χ4n) is 6.35. The summed E-state index contributed by atoms with van der Waals surface area (Å²) < 4.78 is 0. The van der Waals surface area contributed by atoms with Crippen LogP contribution in [0.4, 0.5) is 4.79 Å². The van der Waals surface area contributed by atoms with Crippen LogP contribution >= 0.6 is 0 Å². The molecule has 6 nitrogen and oxygen atoms in total. The molecule has 0 spiro atoms. The van der Waals surface area contributed by atoms with Crippen molar-refractivity contribution in [3.8, 4) is 11.1 Å². The lowest BCUT2D eigenvalue weighted by Gasteiger charge is -2.31. The normalized spacial score (nSPS) is 19.1. The van der Waals surface area contributed by atoms with Crippen molar-refractivity contribution < 1.29 is 9.59 Å².